The molecule has 2 unspecified atom stereocenters. The van der Waals surface area contributed by atoms with E-state index in [1.54, 1.807) is 0 Å². The van der Waals surface area contributed by atoms with Gasteiger partial charge in [0.25, 0.3) is 0 Å². The van der Waals surface area contributed by atoms with Gasteiger partial charge in [0.05, 0.1) is 11.5 Å². The van der Waals surface area contributed by atoms with Crippen molar-refractivity contribution in [2.75, 3.05) is 22.1 Å². The molecule has 0 bridgehead atoms. The van der Waals surface area contributed by atoms with E-state index in [2.05, 4.69) is 34.4 Å². The van der Waals surface area contributed by atoms with Crippen molar-refractivity contribution in [1.29, 1.82) is 0 Å². The Morgan fingerprint density at radius 2 is 2.20 bits per heavy atom. The molecule has 0 aliphatic carbocycles. The molecule has 0 amide bonds. The lowest BCUT2D eigenvalue weighted by Gasteiger charge is -2.15. The molecule has 1 aliphatic heterocycles. The Hall–Kier alpha value is -1.37. The number of anilines is 2. The lowest BCUT2D eigenvalue weighted by Crippen LogP contribution is -2.23. The van der Waals surface area contributed by atoms with Crippen molar-refractivity contribution >= 4 is 21.6 Å². The number of aryl methyl sites for hydroxylation is 1. The molecular weight excluding hydrogens is 276 g/mol. The van der Waals surface area contributed by atoms with E-state index in [-0.39, 0.29) is 17.5 Å². The molecule has 2 heterocycles. The molecule has 2 N–H and O–H groups in total. The average molecular weight is 298 g/mol. The fourth-order valence-corrected chi connectivity index (χ4v) is 3.83. The number of nitrogens with one attached hydrogen (secondary N) is 2. The normalized spacial score (nSPS) is 22.4. The fourth-order valence-electron chi connectivity index (χ4n) is 2.15. The minimum Gasteiger partial charge on any atom is -0.367 e. The molecule has 0 saturated carbocycles. The first-order chi connectivity index (χ1) is 9.38. The van der Waals surface area contributed by atoms with E-state index in [0.29, 0.717) is 18.4 Å². The van der Waals surface area contributed by atoms with Crippen molar-refractivity contribution in [1.82, 2.24) is 9.97 Å². The van der Waals surface area contributed by atoms with Crippen LogP contribution in [0.4, 0.5) is 11.8 Å². The van der Waals surface area contributed by atoms with E-state index in [9.17, 15) is 8.42 Å². The molecule has 1 saturated heterocycles. The Bertz CT molecular complexity index is 574. The van der Waals surface area contributed by atoms with Crippen molar-refractivity contribution in [3.63, 3.8) is 0 Å². The van der Waals surface area contributed by atoms with Crippen molar-refractivity contribution in [3.05, 3.63) is 11.8 Å². The third-order valence-corrected chi connectivity index (χ3v) is 5.19. The summed E-state index contributed by atoms with van der Waals surface area (Å²) in [5, 5.41) is 6.43. The molecule has 2 rings (SSSR count). The quantitative estimate of drug-likeness (QED) is 0.859. The lowest BCUT2D eigenvalue weighted by atomic mass is 10.2. The van der Waals surface area contributed by atoms with Gasteiger partial charge in [-0.3, -0.25) is 0 Å². The highest BCUT2D eigenvalue weighted by molar-refractivity contribution is 7.91. The van der Waals surface area contributed by atoms with Gasteiger partial charge >= 0.3 is 0 Å². The molecule has 0 aromatic carbocycles. The standard InChI is InChI=1S/C13H22N4O2S/c1-4-9(2)14-12-7-10(3)15-13(17-12)16-11-5-6-20(18,19)8-11/h7,9,11H,4-6,8H2,1-3H3,(H2,14,15,16,17). The van der Waals surface area contributed by atoms with Crippen LogP contribution in [-0.4, -0.2) is 42.0 Å². The Kier molecular flexibility index (Phi) is 4.47. The van der Waals surface area contributed by atoms with Crippen LogP contribution in [0, 0.1) is 6.92 Å². The second-order valence-electron chi connectivity index (χ2n) is 5.42. The summed E-state index contributed by atoms with van der Waals surface area (Å²) in [6.07, 6.45) is 1.63. The van der Waals surface area contributed by atoms with Gasteiger partial charge in [-0.05, 0) is 26.7 Å². The van der Waals surface area contributed by atoms with Crippen molar-refractivity contribution < 1.29 is 8.42 Å². The van der Waals surface area contributed by atoms with Crippen LogP contribution in [0.3, 0.4) is 0 Å². The predicted octanol–water partition coefficient (Wildman–Crippen LogP) is 1.59. The van der Waals surface area contributed by atoms with Crippen LogP contribution in [0.25, 0.3) is 0 Å². The zero-order valence-electron chi connectivity index (χ0n) is 12.2. The van der Waals surface area contributed by atoms with Crippen LogP contribution >= 0.6 is 0 Å². The third kappa shape index (κ3) is 4.06. The SMILES string of the molecule is CCC(C)Nc1cc(C)nc(NC2CCS(=O)(=O)C2)n1. The summed E-state index contributed by atoms with van der Waals surface area (Å²) in [5.74, 6) is 1.68. The summed E-state index contributed by atoms with van der Waals surface area (Å²) in [6.45, 7) is 6.10. The first-order valence-corrected chi connectivity index (χ1v) is 8.79. The van der Waals surface area contributed by atoms with Gasteiger partial charge in [0.15, 0.2) is 9.84 Å². The molecule has 112 valence electrons. The number of nitrogens with zero attached hydrogens (tertiary/aromatic N) is 2. The van der Waals surface area contributed by atoms with Crippen molar-refractivity contribution in [2.24, 2.45) is 0 Å². The Morgan fingerprint density at radius 3 is 2.80 bits per heavy atom. The smallest absolute Gasteiger partial charge is 0.225 e. The number of aromatic nitrogens is 2. The van der Waals surface area contributed by atoms with Gasteiger partial charge in [-0.15, -0.1) is 0 Å². The molecule has 0 spiro atoms. The number of hydrogen-bond acceptors (Lipinski definition) is 6. The average Bonchev–Trinajstić information content (AvgIpc) is 2.67. The molecule has 20 heavy (non-hydrogen) atoms. The van der Waals surface area contributed by atoms with Gasteiger partial charge in [0, 0.05) is 23.8 Å². The first-order valence-electron chi connectivity index (χ1n) is 6.97. The van der Waals surface area contributed by atoms with Crippen LogP contribution in [0.15, 0.2) is 6.07 Å². The minimum atomic E-state index is -2.89. The van der Waals surface area contributed by atoms with Crippen LogP contribution < -0.4 is 10.6 Å². The molecule has 1 aliphatic rings. The van der Waals surface area contributed by atoms with E-state index in [1.807, 2.05) is 13.0 Å². The molecule has 1 aromatic heterocycles. The van der Waals surface area contributed by atoms with E-state index < -0.39 is 9.84 Å². The predicted molar refractivity (Wildman–Crippen MR) is 80.8 cm³/mol. The van der Waals surface area contributed by atoms with Crippen LogP contribution in [0.2, 0.25) is 0 Å². The highest BCUT2D eigenvalue weighted by Crippen LogP contribution is 2.17. The Morgan fingerprint density at radius 1 is 1.45 bits per heavy atom. The number of sulfone groups is 1. The fraction of sp³-hybridized carbons (Fsp3) is 0.692. The second kappa shape index (κ2) is 5.95. The summed E-state index contributed by atoms with van der Waals surface area (Å²) < 4.78 is 22.9. The maximum absolute atomic E-state index is 11.5. The molecule has 2 atom stereocenters. The molecule has 1 fully saturated rings. The van der Waals surface area contributed by atoms with Gasteiger partial charge < -0.3 is 10.6 Å². The van der Waals surface area contributed by atoms with Gasteiger partial charge in [-0.1, -0.05) is 6.92 Å². The Balaban J connectivity index is 2.08. The zero-order chi connectivity index (χ0) is 14.8. The van der Waals surface area contributed by atoms with E-state index in [4.69, 9.17) is 0 Å². The van der Waals surface area contributed by atoms with Crippen LogP contribution in [0.1, 0.15) is 32.4 Å². The number of rotatable bonds is 5. The molecule has 6 nitrogen and oxygen atoms in total. The lowest BCUT2D eigenvalue weighted by molar-refractivity contribution is 0.602. The second-order valence-corrected chi connectivity index (χ2v) is 7.64. The molecule has 0 radical (unpaired) electrons. The summed E-state index contributed by atoms with van der Waals surface area (Å²) in [7, 11) is -2.89. The maximum atomic E-state index is 11.5. The first kappa shape index (κ1) is 15.0. The van der Waals surface area contributed by atoms with E-state index >= 15 is 0 Å². The van der Waals surface area contributed by atoms with Gasteiger partial charge in [0.2, 0.25) is 5.95 Å². The van der Waals surface area contributed by atoms with Gasteiger partial charge in [-0.25, -0.2) is 13.4 Å². The van der Waals surface area contributed by atoms with Crippen LogP contribution in [-0.2, 0) is 9.84 Å². The van der Waals surface area contributed by atoms with Crippen molar-refractivity contribution in [2.45, 2.75) is 45.7 Å². The zero-order valence-corrected chi connectivity index (χ0v) is 13.0. The molecule has 1 aromatic rings. The van der Waals surface area contributed by atoms with Crippen molar-refractivity contribution in [3.8, 4) is 0 Å². The highest BCUT2D eigenvalue weighted by Gasteiger charge is 2.28. The third-order valence-electron chi connectivity index (χ3n) is 3.43. The van der Waals surface area contributed by atoms with Gasteiger partial charge in [-0.2, -0.15) is 4.98 Å². The summed E-state index contributed by atoms with van der Waals surface area (Å²) in [5.41, 5.74) is 0.856. The van der Waals surface area contributed by atoms with Gasteiger partial charge in [0.1, 0.15) is 5.82 Å². The summed E-state index contributed by atoms with van der Waals surface area (Å²) in [6, 6.07) is 2.14. The topological polar surface area (TPSA) is 84.0 Å². The molecule has 7 heteroatoms. The van der Waals surface area contributed by atoms with Crippen LogP contribution in [0.5, 0.6) is 0 Å². The highest BCUT2D eigenvalue weighted by atomic mass is 32.2. The summed E-state index contributed by atoms with van der Waals surface area (Å²) in [4.78, 5) is 8.73. The van der Waals surface area contributed by atoms with E-state index in [1.165, 1.54) is 0 Å². The monoisotopic (exact) mass is 298 g/mol. The molecular formula is C13H22N4O2S. The Labute approximate surface area is 120 Å². The minimum absolute atomic E-state index is 0.0850. The van der Waals surface area contributed by atoms with E-state index in [0.717, 1.165) is 17.9 Å². The largest absolute Gasteiger partial charge is 0.367 e. The summed E-state index contributed by atoms with van der Waals surface area (Å²) >= 11 is 0. The maximum Gasteiger partial charge on any atom is 0.225 e. The number of hydrogen-bond donors (Lipinski definition) is 2.